The van der Waals surface area contributed by atoms with Gasteiger partial charge in [-0.25, -0.2) is 0 Å². The average Bonchev–Trinajstić information content (AvgIpc) is 3.00. The second kappa shape index (κ2) is 9.35. The first-order valence-electron chi connectivity index (χ1n) is 10.1. The summed E-state index contributed by atoms with van der Waals surface area (Å²) < 4.78 is 7.89. The molecule has 0 saturated carbocycles. The Bertz CT molecular complexity index is 1060. The Morgan fingerprint density at radius 3 is 2.60 bits per heavy atom. The summed E-state index contributed by atoms with van der Waals surface area (Å²) in [5.74, 6) is 0.759. The summed E-state index contributed by atoms with van der Waals surface area (Å²) in [6.07, 6.45) is 0. The van der Waals surface area contributed by atoms with E-state index < -0.39 is 0 Å². The zero-order valence-electron chi connectivity index (χ0n) is 18.2. The molecule has 158 valence electrons. The first kappa shape index (κ1) is 21.9. The number of carbonyl (C=O) groups is 1. The maximum atomic E-state index is 13.0. The topological polar surface area (TPSA) is 47.4 Å². The van der Waals surface area contributed by atoms with Gasteiger partial charge >= 0.3 is 0 Å². The van der Waals surface area contributed by atoms with E-state index in [1.54, 1.807) is 4.90 Å². The minimum Gasteiger partial charge on any atom is -0.489 e. The summed E-state index contributed by atoms with van der Waals surface area (Å²) in [4.78, 5) is 14.7. The smallest absolute Gasteiger partial charge is 0.253 e. The van der Waals surface area contributed by atoms with E-state index in [4.69, 9.17) is 16.3 Å². The fourth-order valence-corrected chi connectivity index (χ4v) is 3.76. The summed E-state index contributed by atoms with van der Waals surface area (Å²) >= 11 is 6.00. The zero-order chi connectivity index (χ0) is 21.8. The highest BCUT2D eigenvalue weighted by atomic mass is 35.5. The zero-order valence-corrected chi connectivity index (χ0v) is 19.0. The van der Waals surface area contributed by atoms with Crippen molar-refractivity contribution < 1.29 is 9.53 Å². The fourth-order valence-electron chi connectivity index (χ4n) is 3.53. The molecule has 3 rings (SSSR count). The number of rotatable bonds is 7. The molecule has 0 aliphatic rings. The third kappa shape index (κ3) is 4.85. The van der Waals surface area contributed by atoms with Crippen LogP contribution in [-0.2, 0) is 19.7 Å². The predicted octanol–water partition coefficient (Wildman–Crippen LogP) is 5.33. The van der Waals surface area contributed by atoms with Gasteiger partial charge in [0.25, 0.3) is 5.91 Å². The summed E-state index contributed by atoms with van der Waals surface area (Å²) in [6, 6.07) is 13.1. The van der Waals surface area contributed by atoms with Crippen LogP contribution in [0.15, 0.2) is 42.5 Å². The standard InChI is InChI=1S/C24H28ClN3O2/c1-6-28-18(4)22(17(3)26-28)14-27(5)24(29)20-9-7-8-19(13-20)15-30-23-11-10-21(25)12-16(23)2/h7-13H,6,14-15H2,1-5H3. The molecule has 1 aromatic heterocycles. The van der Waals surface area contributed by atoms with Crippen molar-refractivity contribution >= 4 is 17.5 Å². The van der Waals surface area contributed by atoms with Crippen molar-refractivity contribution in [2.75, 3.05) is 7.05 Å². The normalized spacial score (nSPS) is 10.9. The van der Waals surface area contributed by atoms with Crippen LogP contribution in [0, 0.1) is 20.8 Å². The lowest BCUT2D eigenvalue weighted by atomic mass is 10.1. The molecule has 0 spiro atoms. The van der Waals surface area contributed by atoms with E-state index in [0.717, 1.165) is 40.4 Å². The van der Waals surface area contributed by atoms with Crippen molar-refractivity contribution in [3.63, 3.8) is 0 Å². The van der Waals surface area contributed by atoms with Crippen molar-refractivity contribution in [3.8, 4) is 5.75 Å². The van der Waals surface area contributed by atoms with Crippen molar-refractivity contribution in [1.29, 1.82) is 0 Å². The first-order chi connectivity index (χ1) is 14.3. The molecular formula is C24H28ClN3O2. The maximum Gasteiger partial charge on any atom is 0.253 e. The summed E-state index contributed by atoms with van der Waals surface area (Å²) in [5, 5.41) is 5.23. The second-order valence-electron chi connectivity index (χ2n) is 7.53. The second-order valence-corrected chi connectivity index (χ2v) is 7.96. The van der Waals surface area contributed by atoms with Crippen LogP contribution in [0.3, 0.4) is 0 Å². The summed E-state index contributed by atoms with van der Waals surface area (Å²) in [6.45, 7) is 9.80. The molecule has 0 fully saturated rings. The lowest BCUT2D eigenvalue weighted by Gasteiger charge is -2.18. The molecule has 30 heavy (non-hydrogen) atoms. The Labute approximate surface area is 183 Å². The Morgan fingerprint density at radius 2 is 1.93 bits per heavy atom. The fraction of sp³-hybridized carbons (Fsp3) is 0.333. The minimum absolute atomic E-state index is 0.0254. The third-order valence-electron chi connectivity index (χ3n) is 5.28. The number of aryl methyl sites for hydroxylation is 3. The van der Waals surface area contributed by atoms with Gasteiger partial charge in [0.15, 0.2) is 0 Å². The van der Waals surface area contributed by atoms with Gasteiger partial charge in [-0.15, -0.1) is 0 Å². The van der Waals surface area contributed by atoms with Crippen LogP contribution in [0.25, 0.3) is 0 Å². The molecule has 0 N–H and O–H groups in total. The average molecular weight is 426 g/mol. The van der Waals surface area contributed by atoms with Gasteiger partial charge in [0.1, 0.15) is 12.4 Å². The van der Waals surface area contributed by atoms with Gasteiger partial charge < -0.3 is 9.64 Å². The molecule has 1 amide bonds. The number of ether oxygens (including phenoxy) is 1. The molecule has 0 atom stereocenters. The molecule has 2 aromatic carbocycles. The molecule has 0 aliphatic heterocycles. The molecular weight excluding hydrogens is 398 g/mol. The number of hydrogen-bond donors (Lipinski definition) is 0. The Morgan fingerprint density at radius 1 is 1.17 bits per heavy atom. The monoisotopic (exact) mass is 425 g/mol. The quantitative estimate of drug-likeness (QED) is 0.513. The number of halogens is 1. The Kier molecular flexibility index (Phi) is 6.83. The first-order valence-corrected chi connectivity index (χ1v) is 10.4. The third-order valence-corrected chi connectivity index (χ3v) is 5.51. The van der Waals surface area contributed by atoms with Crippen molar-refractivity contribution in [2.45, 2.75) is 47.4 Å². The molecule has 5 nitrogen and oxygen atoms in total. The van der Waals surface area contributed by atoms with Gasteiger partial charge in [-0.3, -0.25) is 9.48 Å². The number of hydrogen-bond acceptors (Lipinski definition) is 3. The Balaban J connectivity index is 1.70. The molecule has 0 bridgehead atoms. The van der Waals surface area contributed by atoms with E-state index in [9.17, 15) is 4.79 Å². The number of nitrogens with zero attached hydrogens (tertiary/aromatic N) is 3. The Hall–Kier alpha value is -2.79. The lowest BCUT2D eigenvalue weighted by molar-refractivity contribution is 0.0784. The molecule has 1 heterocycles. The van der Waals surface area contributed by atoms with Crippen LogP contribution >= 0.6 is 11.6 Å². The van der Waals surface area contributed by atoms with Gasteiger partial charge in [0.2, 0.25) is 0 Å². The van der Waals surface area contributed by atoms with Crippen LogP contribution < -0.4 is 4.74 Å². The molecule has 3 aromatic rings. The van der Waals surface area contributed by atoms with Gasteiger partial charge in [0.05, 0.1) is 5.69 Å². The molecule has 0 saturated heterocycles. The predicted molar refractivity (Wildman–Crippen MR) is 120 cm³/mol. The van der Waals surface area contributed by atoms with E-state index in [1.807, 2.05) is 75.0 Å². The molecule has 0 aliphatic carbocycles. The molecule has 0 radical (unpaired) electrons. The number of aromatic nitrogens is 2. The lowest BCUT2D eigenvalue weighted by Crippen LogP contribution is -2.26. The molecule has 0 unspecified atom stereocenters. The van der Waals surface area contributed by atoms with Crippen molar-refractivity contribution in [1.82, 2.24) is 14.7 Å². The van der Waals surface area contributed by atoms with E-state index in [1.165, 1.54) is 0 Å². The van der Waals surface area contributed by atoms with Crippen LogP contribution in [0.1, 0.15) is 45.4 Å². The highest BCUT2D eigenvalue weighted by Gasteiger charge is 2.17. The van der Waals surface area contributed by atoms with Gasteiger partial charge in [0, 0.05) is 42.0 Å². The summed E-state index contributed by atoms with van der Waals surface area (Å²) in [7, 11) is 1.82. The highest BCUT2D eigenvalue weighted by Crippen LogP contribution is 2.23. The highest BCUT2D eigenvalue weighted by molar-refractivity contribution is 6.30. The number of carbonyl (C=O) groups excluding carboxylic acids is 1. The SMILES string of the molecule is CCn1nc(C)c(CN(C)C(=O)c2cccc(COc3ccc(Cl)cc3C)c2)c1C. The minimum atomic E-state index is -0.0254. The number of benzene rings is 2. The van der Waals surface area contributed by atoms with E-state index in [-0.39, 0.29) is 5.91 Å². The van der Waals surface area contributed by atoms with Crippen LogP contribution in [0.4, 0.5) is 0 Å². The van der Waals surface area contributed by atoms with Crippen molar-refractivity contribution in [3.05, 3.63) is 81.1 Å². The van der Waals surface area contributed by atoms with E-state index in [2.05, 4.69) is 12.0 Å². The van der Waals surface area contributed by atoms with E-state index >= 15 is 0 Å². The van der Waals surface area contributed by atoms with Crippen LogP contribution in [0.5, 0.6) is 5.75 Å². The molecule has 6 heteroatoms. The van der Waals surface area contributed by atoms with Gasteiger partial charge in [-0.05, 0) is 69.2 Å². The van der Waals surface area contributed by atoms with Crippen LogP contribution in [-0.4, -0.2) is 27.6 Å². The maximum absolute atomic E-state index is 13.0. The van der Waals surface area contributed by atoms with E-state index in [0.29, 0.717) is 23.7 Å². The van der Waals surface area contributed by atoms with Crippen LogP contribution in [0.2, 0.25) is 5.02 Å². The van der Waals surface area contributed by atoms with Crippen molar-refractivity contribution in [2.24, 2.45) is 0 Å². The van der Waals surface area contributed by atoms with Gasteiger partial charge in [-0.2, -0.15) is 5.10 Å². The summed E-state index contributed by atoms with van der Waals surface area (Å²) in [5.41, 5.74) is 5.74. The van der Waals surface area contributed by atoms with Gasteiger partial charge in [-0.1, -0.05) is 23.7 Å². The largest absolute Gasteiger partial charge is 0.489 e. The number of amides is 1.